The number of nitrogens with zero attached hydrogens (tertiary/aromatic N) is 1. The summed E-state index contributed by atoms with van der Waals surface area (Å²) in [7, 11) is -3.61. The average Bonchev–Trinajstić information content (AvgIpc) is 2.47. The van der Waals surface area contributed by atoms with Gasteiger partial charge in [-0.25, -0.2) is 8.42 Å². The first-order valence-electron chi connectivity index (χ1n) is 7.37. The van der Waals surface area contributed by atoms with Crippen molar-refractivity contribution in [3.63, 3.8) is 0 Å². The van der Waals surface area contributed by atoms with E-state index < -0.39 is 16.1 Å². The number of sulfonamides is 1. The number of hydrogen-bond acceptors (Lipinski definition) is 4. The molecule has 0 saturated carbocycles. The highest BCUT2D eigenvalue weighted by atomic mass is 35.5. The van der Waals surface area contributed by atoms with Crippen molar-refractivity contribution in [1.29, 1.82) is 0 Å². The van der Waals surface area contributed by atoms with Gasteiger partial charge < -0.3 is 10.1 Å². The van der Waals surface area contributed by atoms with E-state index in [1.165, 1.54) is 0 Å². The fourth-order valence-corrected chi connectivity index (χ4v) is 3.38. The summed E-state index contributed by atoms with van der Waals surface area (Å²) in [5.74, 6) is -0.359. The van der Waals surface area contributed by atoms with Gasteiger partial charge in [-0.3, -0.25) is 9.10 Å². The van der Waals surface area contributed by atoms with E-state index in [9.17, 15) is 13.2 Å². The molecular formula is C15H23ClN2O4S. The monoisotopic (exact) mass is 362 g/mol. The van der Waals surface area contributed by atoms with Crippen LogP contribution < -0.4 is 9.62 Å². The van der Waals surface area contributed by atoms with Crippen LogP contribution >= 0.6 is 11.6 Å². The number of amides is 1. The summed E-state index contributed by atoms with van der Waals surface area (Å²) in [6, 6.07) is 5.45. The lowest BCUT2D eigenvalue weighted by atomic mass is 10.2. The number of nitrogens with one attached hydrogen (secondary N) is 1. The third-order valence-corrected chi connectivity index (χ3v) is 4.63. The van der Waals surface area contributed by atoms with Gasteiger partial charge in [-0.05, 0) is 44.5 Å². The lowest BCUT2D eigenvalue weighted by Crippen LogP contribution is -2.48. The molecule has 0 bridgehead atoms. The number of rotatable bonds is 9. The van der Waals surface area contributed by atoms with E-state index in [0.29, 0.717) is 36.9 Å². The molecular weight excluding hydrogens is 340 g/mol. The number of anilines is 1. The van der Waals surface area contributed by atoms with Crippen LogP contribution in [0.25, 0.3) is 0 Å². The lowest BCUT2D eigenvalue weighted by Gasteiger charge is -2.28. The molecule has 8 heteroatoms. The number of ether oxygens (including phenoxy) is 1. The summed E-state index contributed by atoms with van der Waals surface area (Å²) >= 11 is 5.82. The maximum Gasteiger partial charge on any atom is 0.243 e. The molecule has 1 aromatic rings. The molecule has 23 heavy (non-hydrogen) atoms. The minimum Gasteiger partial charge on any atom is -0.382 e. The third-order valence-electron chi connectivity index (χ3n) is 3.14. The summed E-state index contributed by atoms with van der Waals surface area (Å²) in [5, 5.41) is 3.22. The molecule has 1 N–H and O–H groups in total. The molecule has 6 nitrogen and oxygen atoms in total. The zero-order chi connectivity index (χ0) is 17.5. The smallest absolute Gasteiger partial charge is 0.243 e. The second-order valence-corrected chi connectivity index (χ2v) is 7.35. The molecule has 0 unspecified atom stereocenters. The van der Waals surface area contributed by atoms with E-state index in [1.54, 1.807) is 31.2 Å². The van der Waals surface area contributed by atoms with E-state index in [2.05, 4.69) is 5.32 Å². The van der Waals surface area contributed by atoms with Gasteiger partial charge in [0.15, 0.2) is 0 Å². The molecule has 0 heterocycles. The van der Waals surface area contributed by atoms with Crippen LogP contribution in [0.3, 0.4) is 0 Å². The van der Waals surface area contributed by atoms with Crippen LogP contribution in [0.4, 0.5) is 5.69 Å². The predicted octanol–water partition coefficient (Wildman–Crippen LogP) is 2.04. The van der Waals surface area contributed by atoms with Crippen LogP contribution in [0, 0.1) is 0 Å². The van der Waals surface area contributed by atoms with Gasteiger partial charge in [0, 0.05) is 24.8 Å². The first-order valence-corrected chi connectivity index (χ1v) is 9.60. The molecule has 1 rings (SSSR count). The van der Waals surface area contributed by atoms with Crippen molar-refractivity contribution in [2.75, 3.05) is 30.3 Å². The first kappa shape index (κ1) is 19.7. The van der Waals surface area contributed by atoms with Gasteiger partial charge in [0.05, 0.1) is 11.9 Å². The summed E-state index contributed by atoms with van der Waals surface area (Å²) < 4.78 is 30.4. The topological polar surface area (TPSA) is 75.7 Å². The normalized spacial score (nSPS) is 12.7. The zero-order valence-corrected chi connectivity index (χ0v) is 15.2. The molecule has 0 aromatic heterocycles. The second-order valence-electron chi connectivity index (χ2n) is 5.05. The van der Waals surface area contributed by atoms with E-state index in [-0.39, 0.29) is 5.91 Å². The second kappa shape index (κ2) is 9.10. The molecule has 1 atom stereocenters. The van der Waals surface area contributed by atoms with Crippen LogP contribution in [0.15, 0.2) is 24.3 Å². The summed E-state index contributed by atoms with van der Waals surface area (Å²) in [4.78, 5) is 12.2. The van der Waals surface area contributed by atoms with Crippen molar-refractivity contribution in [3.05, 3.63) is 29.3 Å². The highest BCUT2D eigenvalue weighted by molar-refractivity contribution is 7.92. The minimum atomic E-state index is -3.61. The van der Waals surface area contributed by atoms with E-state index in [4.69, 9.17) is 16.3 Å². The van der Waals surface area contributed by atoms with E-state index in [0.717, 1.165) is 10.6 Å². The Morgan fingerprint density at radius 2 is 1.96 bits per heavy atom. The van der Waals surface area contributed by atoms with Crippen LogP contribution in [0.2, 0.25) is 5.02 Å². The highest BCUT2D eigenvalue weighted by Gasteiger charge is 2.28. The van der Waals surface area contributed by atoms with Gasteiger partial charge in [0.25, 0.3) is 0 Å². The maximum atomic E-state index is 12.2. The summed E-state index contributed by atoms with van der Waals surface area (Å²) in [5.41, 5.74) is 0.397. The van der Waals surface area contributed by atoms with Crippen LogP contribution in [0.1, 0.15) is 20.3 Å². The summed E-state index contributed by atoms with van der Waals surface area (Å²) in [6.07, 6.45) is 1.74. The number of carbonyl (C=O) groups is 1. The quantitative estimate of drug-likeness (QED) is 0.682. The van der Waals surface area contributed by atoms with E-state index >= 15 is 0 Å². The standard InChI is InChI=1S/C15H23ClN2O4S/c1-4-22-11-5-10-17-15(19)12(2)18(23(3,20)21)14-8-6-13(16)7-9-14/h6-9,12H,4-5,10-11H2,1-3H3,(H,17,19)/t12-/m1/s1. The Morgan fingerprint density at radius 3 is 2.48 bits per heavy atom. The van der Waals surface area contributed by atoms with Gasteiger partial charge in [-0.15, -0.1) is 0 Å². The largest absolute Gasteiger partial charge is 0.382 e. The third kappa shape index (κ3) is 6.37. The Kier molecular flexibility index (Phi) is 7.81. The number of halogens is 1. The SMILES string of the molecule is CCOCCCNC(=O)[C@@H](C)N(c1ccc(Cl)cc1)S(C)(=O)=O. The van der Waals surface area contributed by atoms with Crippen molar-refractivity contribution in [1.82, 2.24) is 5.32 Å². The number of carbonyl (C=O) groups excluding carboxylic acids is 1. The van der Waals surface area contributed by atoms with Crippen molar-refractivity contribution in [3.8, 4) is 0 Å². The van der Waals surface area contributed by atoms with Crippen LogP contribution in [0.5, 0.6) is 0 Å². The molecule has 1 aromatic carbocycles. The fraction of sp³-hybridized carbons (Fsp3) is 0.533. The first-order chi connectivity index (χ1) is 10.8. The Morgan fingerprint density at radius 1 is 1.35 bits per heavy atom. The van der Waals surface area contributed by atoms with Gasteiger partial charge in [0.2, 0.25) is 15.9 Å². The van der Waals surface area contributed by atoms with Gasteiger partial charge in [-0.1, -0.05) is 11.6 Å². The van der Waals surface area contributed by atoms with Crippen molar-refractivity contribution >= 4 is 33.2 Å². The lowest BCUT2D eigenvalue weighted by molar-refractivity contribution is -0.121. The van der Waals surface area contributed by atoms with Gasteiger partial charge in [0.1, 0.15) is 6.04 Å². The molecule has 130 valence electrons. The fourth-order valence-electron chi connectivity index (χ4n) is 2.07. The Labute approximate surface area is 142 Å². The molecule has 0 spiro atoms. The van der Waals surface area contributed by atoms with Gasteiger partial charge in [-0.2, -0.15) is 0 Å². The molecule has 0 aliphatic rings. The minimum absolute atomic E-state index is 0.359. The van der Waals surface area contributed by atoms with Crippen LogP contribution in [-0.2, 0) is 19.6 Å². The van der Waals surface area contributed by atoms with E-state index in [1.807, 2.05) is 6.92 Å². The van der Waals surface area contributed by atoms with Crippen molar-refractivity contribution in [2.24, 2.45) is 0 Å². The molecule has 1 amide bonds. The van der Waals surface area contributed by atoms with Crippen molar-refractivity contribution in [2.45, 2.75) is 26.3 Å². The number of hydrogen-bond donors (Lipinski definition) is 1. The zero-order valence-electron chi connectivity index (χ0n) is 13.6. The van der Waals surface area contributed by atoms with Crippen molar-refractivity contribution < 1.29 is 17.9 Å². The number of benzene rings is 1. The summed E-state index contributed by atoms with van der Waals surface area (Å²) in [6.45, 7) is 5.06. The van der Waals surface area contributed by atoms with Gasteiger partial charge >= 0.3 is 0 Å². The maximum absolute atomic E-state index is 12.2. The molecule has 0 aliphatic carbocycles. The Bertz CT molecular complexity index is 604. The molecule has 0 fully saturated rings. The average molecular weight is 363 g/mol. The highest BCUT2D eigenvalue weighted by Crippen LogP contribution is 2.22. The Balaban J connectivity index is 2.79. The molecule has 0 radical (unpaired) electrons. The Hall–Kier alpha value is -1.31. The molecule has 0 aliphatic heterocycles. The van der Waals surface area contributed by atoms with Crippen LogP contribution in [-0.4, -0.2) is 46.4 Å². The molecule has 0 saturated heterocycles. The predicted molar refractivity (Wildman–Crippen MR) is 92.4 cm³/mol.